The Morgan fingerprint density at radius 2 is 1.22 bits per heavy atom. The molecule has 0 saturated carbocycles. The number of para-hydroxylation sites is 5. The van der Waals surface area contributed by atoms with E-state index in [1.54, 1.807) is 16.8 Å². The Balaban J connectivity index is 1.01. The fraction of sp³-hybridized carbons (Fsp3) is 0.117. The highest BCUT2D eigenvalue weighted by atomic mass is 16.5. The number of pyridine rings is 1. The lowest BCUT2D eigenvalue weighted by Gasteiger charge is -2.26. The van der Waals surface area contributed by atoms with Crippen LogP contribution in [0.15, 0.2) is 188 Å². The molecule has 5 heterocycles. The van der Waals surface area contributed by atoms with Crippen molar-refractivity contribution in [1.29, 1.82) is 0 Å². The third kappa shape index (κ3) is 5.87. The van der Waals surface area contributed by atoms with Crippen molar-refractivity contribution in [3.8, 4) is 28.4 Å². The van der Waals surface area contributed by atoms with E-state index in [2.05, 4.69) is 25.7 Å². The maximum absolute atomic E-state index is 9.22. The van der Waals surface area contributed by atoms with E-state index in [1.807, 2.05) is 157 Å². The van der Waals surface area contributed by atoms with Crippen LogP contribution in [0.2, 0.25) is 0 Å². The smallest absolute Gasteiger partial charge is 0.137 e. The third-order valence-electron chi connectivity index (χ3n) is 13.4. The van der Waals surface area contributed by atoms with Crippen molar-refractivity contribution in [3.05, 3.63) is 194 Å². The fourth-order valence-corrected chi connectivity index (χ4v) is 10.3. The molecule has 0 atom stereocenters. The Bertz CT molecular complexity index is 4320. The van der Waals surface area contributed by atoms with Crippen LogP contribution in [0.1, 0.15) is 40.0 Å². The first-order valence-corrected chi connectivity index (χ1v) is 22.3. The molecule has 0 saturated heterocycles. The van der Waals surface area contributed by atoms with Gasteiger partial charge in [0.2, 0.25) is 0 Å². The summed E-state index contributed by atoms with van der Waals surface area (Å²) in [5.74, 6) is 1.43. The molecule has 0 amide bonds. The van der Waals surface area contributed by atoms with Gasteiger partial charge < -0.3 is 23.7 Å². The Hall–Kier alpha value is -8.29. The Morgan fingerprint density at radius 3 is 1.94 bits per heavy atom. The van der Waals surface area contributed by atoms with E-state index in [0.717, 1.165) is 44.5 Å². The first-order valence-electron chi connectivity index (χ1n) is 27.3. The van der Waals surface area contributed by atoms with Crippen molar-refractivity contribution >= 4 is 88.2 Å². The summed E-state index contributed by atoms with van der Waals surface area (Å²) in [4.78, 5) is 8.89. The zero-order chi connectivity index (χ0) is 53.6. The predicted octanol–water partition coefficient (Wildman–Crippen LogP) is 15.5. The number of ether oxygens (including phenoxy) is 1. The van der Waals surface area contributed by atoms with Crippen molar-refractivity contribution in [3.63, 3.8) is 0 Å². The molecular formula is C60H48N6O. The lowest BCUT2D eigenvalue weighted by molar-refractivity contribution is 0.483. The molecule has 67 heavy (non-hydrogen) atoms. The summed E-state index contributed by atoms with van der Waals surface area (Å²) in [7, 11) is 0. The molecule has 7 heteroatoms. The topological polar surface area (TPSA) is 43.4 Å². The minimum Gasteiger partial charge on any atom is -0.457 e. The van der Waals surface area contributed by atoms with Gasteiger partial charge in [0.25, 0.3) is 0 Å². The largest absolute Gasteiger partial charge is 0.457 e. The van der Waals surface area contributed by atoms with Crippen molar-refractivity contribution in [1.82, 2.24) is 18.7 Å². The number of aromatic nitrogens is 4. The molecule has 324 valence electrons. The molecule has 1 aliphatic rings. The number of nitrogens with zero attached hydrogens (tertiary/aromatic N) is 6. The normalized spacial score (nSPS) is 15.6. The van der Waals surface area contributed by atoms with Gasteiger partial charge in [0, 0.05) is 95.1 Å². The maximum Gasteiger partial charge on any atom is 0.137 e. The lowest BCUT2D eigenvalue weighted by atomic mass is 9.88. The van der Waals surface area contributed by atoms with Crippen LogP contribution in [-0.4, -0.2) is 25.4 Å². The van der Waals surface area contributed by atoms with Gasteiger partial charge in [-0.1, -0.05) is 124 Å². The summed E-state index contributed by atoms with van der Waals surface area (Å²) in [6.45, 7) is 1.05. The maximum atomic E-state index is 9.22. The number of fused-ring (bicyclic) bond motifs is 10. The zero-order valence-electron chi connectivity index (χ0n) is 46.9. The second-order valence-corrected chi connectivity index (χ2v) is 18.2. The van der Waals surface area contributed by atoms with Gasteiger partial charge in [-0.05, 0) is 83.2 Å². The summed E-state index contributed by atoms with van der Waals surface area (Å²) in [6, 6.07) is 48.6. The molecule has 13 rings (SSSR count). The summed E-state index contributed by atoms with van der Waals surface area (Å²) in [5, 5.41) is 3.81. The summed E-state index contributed by atoms with van der Waals surface area (Å²) in [5.41, 5.74) is 7.64. The Kier molecular flexibility index (Phi) is 6.55. The van der Waals surface area contributed by atoms with Gasteiger partial charge in [-0.15, -0.1) is 0 Å². The van der Waals surface area contributed by atoms with E-state index in [1.165, 1.54) is 9.13 Å². The van der Waals surface area contributed by atoms with E-state index >= 15 is 0 Å². The molecule has 12 aromatic rings. The number of anilines is 4. The SMILES string of the molecule is [2H]c1c([2H])c([2H])c2c(c1[2H])c1ccc(Oc3cccc(N4CN(c5c6c(c(-c7ccccc7)c7c8ccccc8n(C([2H])([2H])[2H])c57)c5ccccc5n6C([2H])([2H])[2H])c5ccccc54)c3)cc1n2-c1cc(C(C)(C)C)ccn1. The molecule has 1 aliphatic heterocycles. The number of rotatable bonds is 6. The molecule has 7 nitrogen and oxygen atoms in total. The van der Waals surface area contributed by atoms with Crippen LogP contribution < -0.4 is 14.5 Å². The second-order valence-electron chi connectivity index (χ2n) is 18.2. The van der Waals surface area contributed by atoms with Gasteiger partial charge in [0.05, 0.1) is 44.6 Å². The molecule has 0 fully saturated rings. The summed E-state index contributed by atoms with van der Waals surface area (Å²) < 4.78 is 102. The Morgan fingerprint density at radius 1 is 0.567 bits per heavy atom. The molecule has 0 bridgehead atoms. The van der Waals surface area contributed by atoms with E-state index in [9.17, 15) is 8.22 Å². The number of hydrogen-bond acceptors (Lipinski definition) is 4. The zero-order valence-corrected chi connectivity index (χ0v) is 36.9. The van der Waals surface area contributed by atoms with Crippen LogP contribution in [0.5, 0.6) is 11.5 Å². The van der Waals surface area contributed by atoms with E-state index < -0.39 is 14.0 Å². The van der Waals surface area contributed by atoms with Crippen LogP contribution in [0.3, 0.4) is 0 Å². The molecule has 0 spiro atoms. The van der Waals surface area contributed by atoms with Gasteiger partial charge in [0.15, 0.2) is 0 Å². The fourth-order valence-electron chi connectivity index (χ4n) is 10.3. The van der Waals surface area contributed by atoms with Crippen LogP contribution in [-0.2, 0) is 19.4 Å². The number of aryl methyl sites for hydroxylation is 2. The molecule has 0 radical (unpaired) electrons. The lowest BCUT2D eigenvalue weighted by Crippen LogP contribution is -2.25. The highest BCUT2D eigenvalue weighted by Gasteiger charge is 2.34. The van der Waals surface area contributed by atoms with Crippen LogP contribution >= 0.6 is 0 Å². The van der Waals surface area contributed by atoms with E-state index in [0.29, 0.717) is 77.6 Å². The number of hydrogen-bond donors (Lipinski definition) is 0. The van der Waals surface area contributed by atoms with Crippen LogP contribution in [0.4, 0.5) is 22.7 Å². The van der Waals surface area contributed by atoms with E-state index in [4.69, 9.17) is 15.2 Å². The van der Waals surface area contributed by atoms with Crippen molar-refractivity contribution in [2.75, 3.05) is 16.5 Å². The highest BCUT2D eigenvalue weighted by Crippen LogP contribution is 2.54. The second kappa shape index (κ2) is 14.6. The highest BCUT2D eigenvalue weighted by molar-refractivity contribution is 6.33. The van der Waals surface area contributed by atoms with Gasteiger partial charge in [-0.25, -0.2) is 4.98 Å². The van der Waals surface area contributed by atoms with E-state index in [-0.39, 0.29) is 36.3 Å². The van der Waals surface area contributed by atoms with Gasteiger partial charge in [-0.3, -0.25) is 4.57 Å². The van der Waals surface area contributed by atoms with Crippen molar-refractivity contribution in [2.24, 2.45) is 14.0 Å². The van der Waals surface area contributed by atoms with Gasteiger partial charge in [0.1, 0.15) is 24.0 Å². The van der Waals surface area contributed by atoms with Crippen LogP contribution in [0.25, 0.3) is 82.4 Å². The Labute approximate surface area is 403 Å². The minimum absolute atomic E-state index is 0.147. The van der Waals surface area contributed by atoms with Gasteiger partial charge >= 0.3 is 0 Å². The molecule has 0 N–H and O–H groups in total. The first kappa shape index (κ1) is 30.0. The monoisotopic (exact) mass is 878 g/mol. The summed E-state index contributed by atoms with van der Waals surface area (Å²) >= 11 is 0. The van der Waals surface area contributed by atoms with Crippen molar-refractivity contribution < 1.29 is 18.4 Å². The van der Waals surface area contributed by atoms with Crippen LogP contribution in [0, 0.1) is 0 Å². The molecule has 4 aromatic heterocycles. The molecule has 0 aliphatic carbocycles. The molecular weight excluding hydrogens is 821 g/mol. The third-order valence-corrected chi connectivity index (χ3v) is 13.4. The predicted molar refractivity (Wildman–Crippen MR) is 279 cm³/mol. The van der Waals surface area contributed by atoms with Crippen molar-refractivity contribution in [2.45, 2.75) is 26.2 Å². The standard InChI is InChI=1S/C60H48N6O/c1-60(2,3)39-32-33-61-53(34-39)66-49-27-14-9-22-43(49)44-31-30-42(36-52(44)66)67-41-21-17-20-40(35-41)64-37-65(51-29-16-15-28-50(51)64)59-57-55(45-23-10-12-25-47(45)62(57)4)54(38-18-7-6-8-19-38)56-46-24-11-13-26-48(46)63(5)58(56)59/h6-36H,37H2,1-5H3/i4D3,5D3,9D,14D,22D,27D. The summed E-state index contributed by atoms with van der Waals surface area (Å²) in [6.07, 6.45) is 1.72. The minimum atomic E-state index is -2.70. The quantitative estimate of drug-likeness (QED) is 0.167. The first-order chi connectivity index (χ1) is 36.8. The average molecular weight is 879 g/mol. The molecule has 0 unspecified atom stereocenters. The average Bonchev–Trinajstić information content (AvgIpc) is 4.36. The number of benzene rings is 8. The van der Waals surface area contributed by atoms with Gasteiger partial charge in [-0.2, -0.15) is 0 Å². The molecule has 8 aromatic carbocycles.